The molecule has 0 aliphatic carbocycles. The van der Waals surface area contributed by atoms with E-state index < -0.39 is 6.04 Å². The minimum absolute atomic E-state index is 0.290. The van der Waals surface area contributed by atoms with Crippen molar-refractivity contribution in [3.63, 3.8) is 0 Å². The number of hydrogen-bond donors (Lipinski definition) is 3. The smallest absolute Gasteiger partial charge is 0.268 e. The number of aromatic nitrogens is 1. The van der Waals surface area contributed by atoms with E-state index in [9.17, 15) is 4.79 Å². The van der Waals surface area contributed by atoms with Crippen LogP contribution in [-0.2, 0) is 6.54 Å². The molecule has 5 heteroatoms. The van der Waals surface area contributed by atoms with Crippen molar-refractivity contribution < 1.29 is 15.0 Å². The Bertz CT molecular complexity index is 547. The molecule has 0 saturated heterocycles. The van der Waals surface area contributed by atoms with Crippen LogP contribution >= 0.6 is 0 Å². The van der Waals surface area contributed by atoms with Crippen molar-refractivity contribution in [2.24, 2.45) is 0 Å². The molecule has 0 atom stereocenters. The van der Waals surface area contributed by atoms with Crippen LogP contribution in [0.2, 0.25) is 0 Å². The minimum Gasteiger partial charge on any atom is -0.394 e. The first kappa shape index (κ1) is 14.3. The quantitative estimate of drug-likeness (QED) is 0.723. The normalized spacial score (nSPS) is 10.8. The van der Waals surface area contributed by atoms with E-state index in [1.807, 2.05) is 41.1 Å². The van der Waals surface area contributed by atoms with Gasteiger partial charge >= 0.3 is 0 Å². The third kappa shape index (κ3) is 3.46. The highest BCUT2D eigenvalue weighted by Crippen LogP contribution is 2.08. The van der Waals surface area contributed by atoms with Gasteiger partial charge in [0.05, 0.1) is 19.3 Å². The molecule has 3 N–H and O–H groups in total. The SMILES string of the molecule is O=C(NC(CO)CO)c1cccn1Cc1ccccc1. The number of nitrogens with one attached hydrogen (secondary N) is 1. The molecule has 1 amide bonds. The molecule has 0 aliphatic heterocycles. The van der Waals surface area contributed by atoms with Crippen molar-refractivity contribution >= 4 is 5.91 Å². The number of nitrogens with zero attached hydrogens (tertiary/aromatic N) is 1. The lowest BCUT2D eigenvalue weighted by Crippen LogP contribution is -2.40. The molecule has 1 aromatic heterocycles. The summed E-state index contributed by atoms with van der Waals surface area (Å²) >= 11 is 0. The average molecular weight is 274 g/mol. The Labute approximate surface area is 117 Å². The maximum Gasteiger partial charge on any atom is 0.268 e. The Kier molecular flexibility index (Phi) is 4.92. The molecule has 2 rings (SSSR count). The van der Waals surface area contributed by atoms with Crippen LogP contribution in [0.3, 0.4) is 0 Å². The predicted molar refractivity (Wildman–Crippen MR) is 75.4 cm³/mol. The zero-order chi connectivity index (χ0) is 14.4. The zero-order valence-corrected chi connectivity index (χ0v) is 11.1. The largest absolute Gasteiger partial charge is 0.394 e. The minimum atomic E-state index is -0.637. The highest BCUT2D eigenvalue weighted by Gasteiger charge is 2.15. The van der Waals surface area contributed by atoms with Crippen LogP contribution in [0.25, 0.3) is 0 Å². The third-order valence-corrected chi connectivity index (χ3v) is 3.03. The fourth-order valence-electron chi connectivity index (χ4n) is 1.95. The number of carbonyl (C=O) groups is 1. The second kappa shape index (κ2) is 6.88. The molecule has 106 valence electrons. The Balaban J connectivity index is 2.10. The summed E-state index contributed by atoms with van der Waals surface area (Å²) < 4.78 is 1.83. The predicted octanol–water partition coefficient (Wildman–Crippen LogP) is 0.619. The summed E-state index contributed by atoms with van der Waals surface area (Å²) in [7, 11) is 0. The Morgan fingerprint density at radius 2 is 1.80 bits per heavy atom. The summed E-state index contributed by atoms with van der Waals surface area (Å²) in [5, 5.41) is 20.6. The van der Waals surface area contributed by atoms with Gasteiger partial charge in [-0.25, -0.2) is 0 Å². The molecule has 1 aromatic carbocycles. The van der Waals surface area contributed by atoms with Crippen LogP contribution in [-0.4, -0.2) is 39.9 Å². The molecule has 0 aliphatic rings. The fraction of sp³-hybridized carbons (Fsp3) is 0.267. The monoisotopic (exact) mass is 274 g/mol. The molecule has 0 fully saturated rings. The first-order chi connectivity index (χ1) is 9.74. The number of aliphatic hydroxyl groups excluding tert-OH is 2. The molecular formula is C15H18N2O3. The van der Waals surface area contributed by atoms with Crippen molar-refractivity contribution in [3.05, 3.63) is 59.9 Å². The molecular weight excluding hydrogens is 256 g/mol. The average Bonchev–Trinajstić information content (AvgIpc) is 2.94. The van der Waals surface area contributed by atoms with Crippen LogP contribution in [0.1, 0.15) is 16.1 Å². The van der Waals surface area contributed by atoms with Crippen molar-refractivity contribution in [2.75, 3.05) is 13.2 Å². The lowest BCUT2D eigenvalue weighted by Gasteiger charge is -2.15. The summed E-state index contributed by atoms with van der Waals surface area (Å²) in [6.45, 7) is 0.0166. The summed E-state index contributed by atoms with van der Waals surface area (Å²) in [5.41, 5.74) is 1.60. The molecule has 5 nitrogen and oxygen atoms in total. The van der Waals surface area contributed by atoms with Gasteiger partial charge in [-0.15, -0.1) is 0 Å². The van der Waals surface area contributed by atoms with Crippen molar-refractivity contribution in [2.45, 2.75) is 12.6 Å². The van der Waals surface area contributed by atoms with Crippen LogP contribution in [0.5, 0.6) is 0 Å². The first-order valence-electron chi connectivity index (χ1n) is 6.46. The van der Waals surface area contributed by atoms with Gasteiger partial charge in [0.25, 0.3) is 5.91 Å². The number of benzene rings is 1. The van der Waals surface area contributed by atoms with Gasteiger partial charge in [-0.05, 0) is 17.7 Å². The van der Waals surface area contributed by atoms with Crippen molar-refractivity contribution in [3.8, 4) is 0 Å². The second-order valence-electron chi connectivity index (χ2n) is 4.54. The van der Waals surface area contributed by atoms with Gasteiger partial charge in [0, 0.05) is 12.7 Å². The van der Waals surface area contributed by atoms with Crippen LogP contribution in [0.4, 0.5) is 0 Å². The first-order valence-corrected chi connectivity index (χ1v) is 6.46. The highest BCUT2D eigenvalue weighted by atomic mass is 16.3. The van der Waals surface area contributed by atoms with Gasteiger partial charge in [-0.3, -0.25) is 4.79 Å². The third-order valence-electron chi connectivity index (χ3n) is 3.03. The van der Waals surface area contributed by atoms with Crippen LogP contribution in [0.15, 0.2) is 48.7 Å². The summed E-state index contributed by atoms with van der Waals surface area (Å²) in [6, 6.07) is 12.7. The second-order valence-corrected chi connectivity index (χ2v) is 4.54. The molecule has 2 aromatic rings. The van der Waals surface area contributed by atoms with E-state index in [0.717, 1.165) is 5.56 Å². The topological polar surface area (TPSA) is 74.5 Å². The van der Waals surface area contributed by atoms with Gasteiger partial charge in [0.2, 0.25) is 0 Å². The molecule has 0 saturated carbocycles. The summed E-state index contributed by atoms with van der Waals surface area (Å²) in [6.07, 6.45) is 1.83. The number of amides is 1. The Morgan fingerprint density at radius 3 is 2.45 bits per heavy atom. The van der Waals surface area contributed by atoms with Gasteiger partial charge in [0.1, 0.15) is 5.69 Å². The van der Waals surface area contributed by atoms with E-state index in [2.05, 4.69) is 5.32 Å². The van der Waals surface area contributed by atoms with Gasteiger partial charge in [-0.2, -0.15) is 0 Å². The van der Waals surface area contributed by atoms with E-state index in [1.54, 1.807) is 12.1 Å². The van der Waals surface area contributed by atoms with Crippen molar-refractivity contribution in [1.29, 1.82) is 0 Å². The zero-order valence-electron chi connectivity index (χ0n) is 11.1. The van der Waals surface area contributed by atoms with E-state index >= 15 is 0 Å². The summed E-state index contributed by atoms with van der Waals surface area (Å²) in [5.74, 6) is -0.306. The lowest BCUT2D eigenvalue weighted by atomic mass is 10.2. The Hall–Kier alpha value is -2.11. The van der Waals surface area contributed by atoms with E-state index in [1.165, 1.54) is 0 Å². The van der Waals surface area contributed by atoms with E-state index in [0.29, 0.717) is 12.2 Å². The standard InChI is InChI=1S/C15H18N2O3/c18-10-13(11-19)16-15(20)14-7-4-8-17(14)9-12-5-2-1-3-6-12/h1-8,13,18-19H,9-11H2,(H,16,20). The Morgan fingerprint density at radius 1 is 1.10 bits per heavy atom. The highest BCUT2D eigenvalue weighted by molar-refractivity contribution is 5.93. The van der Waals surface area contributed by atoms with Gasteiger partial charge in [0.15, 0.2) is 0 Å². The number of rotatable bonds is 6. The van der Waals surface area contributed by atoms with E-state index in [-0.39, 0.29) is 19.1 Å². The number of carbonyl (C=O) groups excluding carboxylic acids is 1. The molecule has 0 spiro atoms. The van der Waals surface area contributed by atoms with Crippen molar-refractivity contribution in [1.82, 2.24) is 9.88 Å². The maximum atomic E-state index is 12.1. The van der Waals surface area contributed by atoms with E-state index in [4.69, 9.17) is 10.2 Å². The maximum absolute atomic E-state index is 12.1. The molecule has 0 unspecified atom stereocenters. The summed E-state index contributed by atoms with van der Waals surface area (Å²) in [4.78, 5) is 12.1. The molecule has 0 bridgehead atoms. The lowest BCUT2D eigenvalue weighted by molar-refractivity contribution is 0.0870. The molecule has 0 radical (unpaired) electrons. The molecule has 1 heterocycles. The number of hydrogen-bond acceptors (Lipinski definition) is 3. The fourth-order valence-corrected chi connectivity index (χ4v) is 1.95. The van der Waals surface area contributed by atoms with Crippen LogP contribution in [0, 0.1) is 0 Å². The van der Waals surface area contributed by atoms with Crippen LogP contribution < -0.4 is 5.32 Å². The van der Waals surface area contributed by atoms with Gasteiger partial charge < -0.3 is 20.1 Å². The van der Waals surface area contributed by atoms with Gasteiger partial charge in [-0.1, -0.05) is 30.3 Å². The molecule has 20 heavy (non-hydrogen) atoms. The number of aliphatic hydroxyl groups is 2.